The summed E-state index contributed by atoms with van der Waals surface area (Å²) in [6.07, 6.45) is 5.51. The van der Waals surface area contributed by atoms with Crippen LogP contribution in [0.25, 0.3) is 17.3 Å². The smallest absolute Gasteiger partial charge is 0.331 e. The first-order chi connectivity index (χ1) is 18.7. The van der Waals surface area contributed by atoms with Crippen LogP contribution in [0, 0.1) is 0 Å². The summed E-state index contributed by atoms with van der Waals surface area (Å²) in [7, 11) is 1.64. The molecule has 39 heavy (non-hydrogen) atoms. The van der Waals surface area contributed by atoms with Gasteiger partial charge in [0.05, 0.1) is 29.0 Å². The van der Waals surface area contributed by atoms with Gasteiger partial charge in [-0.05, 0) is 44.5 Å². The lowest BCUT2D eigenvalue weighted by atomic mass is 9.98. The van der Waals surface area contributed by atoms with Crippen molar-refractivity contribution in [2.75, 3.05) is 19.0 Å². The molecule has 0 aliphatic rings. The lowest BCUT2D eigenvalue weighted by Crippen LogP contribution is -2.12. The highest BCUT2D eigenvalue weighted by molar-refractivity contribution is 7.14. The van der Waals surface area contributed by atoms with Gasteiger partial charge in [0.25, 0.3) is 5.91 Å². The van der Waals surface area contributed by atoms with E-state index in [2.05, 4.69) is 17.2 Å². The average molecular weight is 592 g/mol. The fourth-order valence-corrected chi connectivity index (χ4v) is 5.40. The minimum absolute atomic E-state index is 0.0688. The molecule has 3 aromatic rings. The highest BCUT2D eigenvalue weighted by atomic mass is 35.5. The van der Waals surface area contributed by atoms with Crippen molar-refractivity contribution in [2.45, 2.75) is 52.6 Å². The van der Waals surface area contributed by atoms with Gasteiger partial charge in [0, 0.05) is 39.8 Å². The molecule has 1 atom stereocenters. The van der Waals surface area contributed by atoms with E-state index in [0.29, 0.717) is 28.7 Å². The van der Waals surface area contributed by atoms with E-state index in [9.17, 15) is 9.59 Å². The molecule has 0 saturated heterocycles. The fourth-order valence-electron chi connectivity index (χ4n) is 4.10. The van der Waals surface area contributed by atoms with E-state index in [-0.39, 0.29) is 27.3 Å². The molecule has 1 heterocycles. The van der Waals surface area contributed by atoms with E-state index in [0.717, 1.165) is 36.8 Å². The number of anilines is 1. The molecule has 0 radical (unpaired) electrons. The molecule has 10 heteroatoms. The molecule has 0 fully saturated rings. The number of para-hydroxylation sites is 1. The van der Waals surface area contributed by atoms with Gasteiger partial charge in [0.2, 0.25) is 0 Å². The van der Waals surface area contributed by atoms with Gasteiger partial charge < -0.3 is 14.6 Å². The summed E-state index contributed by atoms with van der Waals surface area (Å²) in [5.41, 5.74) is 3.07. The Bertz CT molecular complexity index is 1330. The quantitative estimate of drug-likeness (QED) is 0.153. The Labute approximate surface area is 242 Å². The second-order valence-electron chi connectivity index (χ2n) is 8.85. The molecule has 1 amide bonds. The zero-order chi connectivity index (χ0) is 28.5. The number of carboxylic acids is 1. The van der Waals surface area contributed by atoms with Crippen LogP contribution >= 0.6 is 34.5 Å². The summed E-state index contributed by atoms with van der Waals surface area (Å²) >= 11 is 13.9. The third-order valence-corrected chi connectivity index (χ3v) is 7.46. The van der Waals surface area contributed by atoms with Gasteiger partial charge in [-0.2, -0.15) is 0 Å². The maximum absolute atomic E-state index is 13.0. The van der Waals surface area contributed by atoms with Gasteiger partial charge in [-0.15, -0.1) is 11.3 Å². The van der Waals surface area contributed by atoms with Gasteiger partial charge >= 0.3 is 5.97 Å². The molecule has 2 N–H and O–H groups in total. The molecule has 0 saturated carbocycles. The van der Waals surface area contributed by atoms with Crippen LogP contribution in [0.4, 0.5) is 5.13 Å². The number of methoxy groups -OCH3 is 1. The molecule has 208 valence electrons. The van der Waals surface area contributed by atoms with Crippen molar-refractivity contribution in [3.8, 4) is 17.0 Å². The number of ether oxygens (including phenoxy) is 2. The van der Waals surface area contributed by atoms with Crippen LogP contribution in [-0.4, -0.2) is 35.7 Å². The first-order valence-electron chi connectivity index (χ1n) is 12.7. The maximum Gasteiger partial charge on any atom is 0.331 e. The third kappa shape index (κ3) is 7.82. The average Bonchev–Trinajstić information content (AvgIpc) is 3.37. The van der Waals surface area contributed by atoms with Crippen LogP contribution in [0.3, 0.4) is 0 Å². The lowest BCUT2D eigenvalue weighted by molar-refractivity contribution is -0.132. The van der Waals surface area contributed by atoms with Crippen molar-refractivity contribution in [3.63, 3.8) is 0 Å². The maximum atomic E-state index is 13.0. The number of carbonyl (C=O) groups is 2. The second-order valence-corrected chi connectivity index (χ2v) is 10.5. The van der Waals surface area contributed by atoms with Gasteiger partial charge in [0.15, 0.2) is 5.13 Å². The van der Waals surface area contributed by atoms with Crippen molar-refractivity contribution in [1.82, 2.24) is 4.98 Å². The standard InChI is InChI=1S/C29H32Cl2N2O5S/c1-5-7-8-12-25(38-6-2)20-11-9-10-19(26(20)37-4)24-16-39-29(32-24)33-27(34)18-14-22(30)21(23(31)15-18)13-17(3)28(35)36/h9-11,13-16,25H,5-8,12H2,1-4H3,(H,35,36)(H,32,33,34)/t25-/m0/s1. The van der Waals surface area contributed by atoms with Gasteiger partial charge in [-0.3, -0.25) is 10.1 Å². The predicted molar refractivity (Wildman–Crippen MR) is 158 cm³/mol. The number of nitrogens with one attached hydrogen (secondary N) is 1. The van der Waals surface area contributed by atoms with Crippen LogP contribution in [0.2, 0.25) is 10.0 Å². The van der Waals surface area contributed by atoms with Crippen LogP contribution in [0.1, 0.15) is 74.0 Å². The third-order valence-electron chi connectivity index (χ3n) is 6.07. The zero-order valence-corrected chi connectivity index (χ0v) is 24.7. The van der Waals surface area contributed by atoms with Crippen molar-refractivity contribution in [1.29, 1.82) is 0 Å². The van der Waals surface area contributed by atoms with E-state index in [1.54, 1.807) is 7.11 Å². The largest absolute Gasteiger partial charge is 0.496 e. The molecular formula is C29H32Cl2N2O5S. The van der Waals surface area contributed by atoms with Crippen LogP contribution < -0.4 is 10.1 Å². The molecule has 0 aliphatic heterocycles. The number of hydrogen-bond acceptors (Lipinski definition) is 6. The van der Waals surface area contributed by atoms with E-state index in [1.807, 2.05) is 30.5 Å². The summed E-state index contributed by atoms with van der Waals surface area (Å²) in [4.78, 5) is 28.7. The monoisotopic (exact) mass is 590 g/mol. The van der Waals surface area contributed by atoms with Crippen molar-refractivity contribution >= 4 is 57.6 Å². The number of amides is 1. The van der Waals surface area contributed by atoms with E-state index < -0.39 is 11.9 Å². The Morgan fingerprint density at radius 2 is 1.90 bits per heavy atom. The first-order valence-corrected chi connectivity index (χ1v) is 14.3. The summed E-state index contributed by atoms with van der Waals surface area (Å²) in [6, 6.07) is 8.80. The highest BCUT2D eigenvalue weighted by Gasteiger charge is 2.21. The zero-order valence-electron chi connectivity index (χ0n) is 22.3. The Balaban J connectivity index is 1.85. The number of aliphatic carboxylic acids is 1. The number of rotatable bonds is 13. The van der Waals surface area contributed by atoms with Crippen molar-refractivity contribution in [3.05, 3.63) is 68.0 Å². The van der Waals surface area contributed by atoms with E-state index >= 15 is 0 Å². The number of aromatic nitrogens is 1. The molecule has 1 aromatic heterocycles. The number of carboxylic acid groups (broad SMARTS) is 1. The minimum Gasteiger partial charge on any atom is -0.496 e. The Hall–Kier alpha value is -2.91. The number of hydrogen-bond donors (Lipinski definition) is 2. The first kappa shape index (κ1) is 30.6. The summed E-state index contributed by atoms with van der Waals surface area (Å²) in [5.74, 6) is -0.830. The second kappa shape index (κ2) is 14.5. The van der Waals surface area contributed by atoms with Crippen molar-refractivity contribution < 1.29 is 24.2 Å². The normalized spacial score (nSPS) is 12.3. The fraction of sp³-hybridized carbons (Fsp3) is 0.345. The number of unbranched alkanes of at least 4 members (excludes halogenated alkanes) is 2. The summed E-state index contributed by atoms with van der Waals surface area (Å²) in [6.45, 7) is 6.19. The molecule has 7 nitrogen and oxygen atoms in total. The molecule has 0 unspecified atom stereocenters. The molecular weight excluding hydrogens is 559 g/mol. The van der Waals surface area contributed by atoms with Crippen LogP contribution in [0.5, 0.6) is 5.75 Å². The molecule has 2 aromatic carbocycles. The SMILES string of the molecule is CCCCC[C@H](OCC)c1cccc(-c2csc(NC(=O)c3cc(Cl)c(C=C(C)C(=O)O)c(Cl)c3)n2)c1OC. The Morgan fingerprint density at radius 1 is 1.18 bits per heavy atom. The Morgan fingerprint density at radius 3 is 2.51 bits per heavy atom. The molecule has 0 aliphatic carbocycles. The number of halogens is 2. The van der Waals surface area contributed by atoms with Crippen LogP contribution in [0.15, 0.2) is 41.3 Å². The lowest BCUT2D eigenvalue weighted by Gasteiger charge is -2.21. The number of nitrogens with zero attached hydrogens (tertiary/aromatic N) is 1. The molecule has 0 bridgehead atoms. The van der Waals surface area contributed by atoms with E-state index in [4.69, 9.17) is 37.8 Å². The number of benzene rings is 2. The minimum atomic E-state index is -1.09. The summed E-state index contributed by atoms with van der Waals surface area (Å²) < 4.78 is 11.9. The van der Waals surface area contributed by atoms with E-state index in [1.165, 1.54) is 36.5 Å². The molecule has 0 spiro atoms. The van der Waals surface area contributed by atoms with Gasteiger partial charge in [-0.25, -0.2) is 9.78 Å². The van der Waals surface area contributed by atoms with Crippen LogP contribution in [-0.2, 0) is 9.53 Å². The number of carbonyl (C=O) groups excluding carboxylic acids is 1. The Kier molecular flexibility index (Phi) is 11.4. The predicted octanol–water partition coefficient (Wildman–Crippen LogP) is 8.52. The van der Waals surface area contributed by atoms with Gasteiger partial charge in [0.1, 0.15) is 5.75 Å². The highest BCUT2D eigenvalue weighted by Crippen LogP contribution is 2.40. The molecule has 3 rings (SSSR count). The van der Waals surface area contributed by atoms with Gasteiger partial charge in [-0.1, -0.05) is 61.5 Å². The summed E-state index contributed by atoms with van der Waals surface area (Å²) in [5, 5.41) is 14.5. The topological polar surface area (TPSA) is 97.8 Å². The van der Waals surface area contributed by atoms with Crippen molar-refractivity contribution in [2.24, 2.45) is 0 Å². The number of thiazole rings is 1.